The van der Waals surface area contributed by atoms with Crippen LogP contribution in [0.4, 0.5) is 14.4 Å². The number of carbonyl (C=O) groups is 3. The van der Waals surface area contributed by atoms with Gasteiger partial charge in [0, 0.05) is 53.3 Å². The Morgan fingerprint density at radius 3 is 1.77 bits per heavy atom. The summed E-state index contributed by atoms with van der Waals surface area (Å²) >= 11 is 0. The molecule has 0 aliphatic rings. The Hall–Kier alpha value is -5.23. The number of ether oxygens (including phenoxy) is 3. The van der Waals surface area contributed by atoms with Crippen LogP contribution in [-0.4, -0.2) is 72.2 Å². The Kier molecular flexibility index (Phi) is 15.8. The van der Waals surface area contributed by atoms with Gasteiger partial charge >= 0.3 is 18.3 Å². The maximum Gasteiger partial charge on any atom is 0.407 e. The number of rotatable bonds is 13. The van der Waals surface area contributed by atoms with Crippen LogP contribution in [0.15, 0.2) is 86.2 Å². The molecule has 2 aromatic heterocycles. The van der Waals surface area contributed by atoms with E-state index in [1.807, 2.05) is 54.9 Å². The van der Waals surface area contributed by atoms with E-state index in [1.165, 1.54) is 12.2 Å². The number of benzene rings is 2. The van der Waals surface area contributed by atoms with E-state index in [0.29, 0.717) is 19.4 Å². The highest BCUT2D eigenvalue weighted by atomic mass is 16.6. The number of aromatic amines is 2. The predicted molar refractivity (Wildman–Crippen MR) is 191 cm³/mol. The van der Waals surface area contributed by atoms with Crippen LogP contribution < -0.4 is 21.7 Å². The fourth-order valence-electron chi connectivity index (χ4n) is 4.66. The predicted octanol–water partition coefficient (Wildman–Crippen LogP) is 6.10. The lowest BCUT2D eigenvalue weighted by atomic mass is 10.0. The molecule has 0 saturated carbocycles. The molecular formula is C36H50N6O6. The zero-order valence-corrected chi connectivity index (χ0v) is 27.3. The first-order chi connectivity index (χ1) is 22.5. The number of alkyl carbamates (subject to hydrolysis) is 3. The van der Waals surface area contributed by atoms with Crippen molar-refractivity contribution in [2.45, 2.75) is 58.7 Å². The number of fused-ring (bicyclic) bond motifs is 2. The monoisotopic (exact) mass is 662 g/mol. The Morgan fingerprint density at radius 2 is 1.27 bits per heavy atom. The normalized spacial score (nSPS) is 11.9. The molecule has 0 spiro atoms. The molecule has 3 amide bonds. The lowest BCUT2D eigenvalue weighted by molar-refractivity contribution is 0.0502. The van der Waals surface area contributed by atoms with E-state index in [2.05, 4.69) is 45.1 Å². The number of hydrogen-bond donors (Lipinski definition) is 6. The number of amides is 3. The molecule has 0 bridgehead atoms. The minimum Gasteiger partial charge on any atom is -0.445 e. The maximum atomic E-state index is 12.2. The van der Waals surface area contributed by atoms with Gasteiger partial charge in [0.1, 0.15) is 18.8 Å². The molecule has 0 unspecified atom stereocenters. The molecule has 4 aromatic rings. The minimum atomic E-state index is -0.605. The van der Waals surface area contributed by atoms with Crippen molar-refractivity contribution >= 4 is 40.1 Å². The molecule has 7 N–H and O–H groups in total. The zero-order valence-electron chi connectivity index (χ0n) is 27.3. The van der Waals surface area contributed by atoms with Crippen LogP contribution in [0.2, 0.25) is 0 Å². The highest BCUT2D eigenvalue weighted by molar-refractivity contribution is 5.84. The average Bonchev–Trinajstić information content (AvgIpc) is 3.64. The summed E-state index contributed by atoms with van der Waals surface area (Å²) in [6, 6.07) is 15.4. The van der Waals surface area contributed by atoms with Gasteiger partial charge < -0.3 is 45.9 Å². The lowest BCUT2D eigenvalue weighted by Gasteiger charge is -2.24. The third kappa shape index (κ3) is 13.2. The Labute approximate surface area is 282 Å². The molecule has 12 nitrogen and oxygen atoms in total. The first kappa shape index (κ1) is 39.0. The van der Waals surface area contributed by atoms with Gasteiger partial charge in [-0.15, -0.1) is 0 Å². The summed E-state index contributed by atoms with van der Waals surface area (Å²) in [5, 5.41) is 10.3. The second kappa shape index (κ2) is 19.4. The van der Waals surface area contributed by atoms with Crippen molar-refractivity contribution in [2.24, 2.45) is 5.73 Å². The molecule has 0 aliphatic carbocycles. The summed E-state index contributed by atoms with van der Waals surface area (Å²) in [5.41, 5.74) is 9.71. The molecule has 12 heteroatoms. The number of H-pyrrole nitrogens is 2. The number of nitrogens with two attached hydrogens (primary N) is 1. The molecule has 0 aliphatic heterocycles. The van der Waals surface area contributed by atoms with Crippen LogP contribution in [0, 0.1) is 0 Å². The summed E-state index contributed by atoms with van der Waals surface area (Å²) in [4.78, 5) is 41.6. The highest BCUT2D eigenvalue weighted by Gasteiger charge is 2.21. The van der Waals surface area contributed by atoms with Gasteiger partial charge in [-0.1, -0.05) is 69.1 Å². The number of carbonyl (C=O) groups excluding carboxylic acids is 3. The van der Waals surface area contributed by atoms with E-state index in [9.17, 15) is 14.4 Å². The van der Waals surface area contributed by atoms with Crippen molar-refractivity contribution in [3.8, 4) is 0 Å². The largest absolute Gasteiger partial charge is 0.445 e. The van der Waals surface area contributed by atoms with Gasteiger partial charge in [0.05, 0.1) is 6.04 Å². The summed E-state index contributed by atoms with van der Waals surface area (Å²) in [7, 11) is 0. The maximum absolute atomic E-state index is 12.2. The second-order valence-corrected chi connectivity index (χ2v) is 11.8. The summed E-state index contributed by atoms with van der Waals surface area (Å²) in [5.74, 6) is 0. The van der Waals surface area contributed by atoms with Gasteiger partial charge in [0.25, 0.3) is 0 Å². The van der Waals surface area contributed by atoms with Crippen LogP contribution in [-0.2, 0) is 27.1 Å². The fourth-order valence-corrected chi connectivity index (χ4v) is 4.66. The molecule has 260 valence electrons. The van der Waals surface area contributed by atoms with Crippen molar-refractivity contribution in [3.63, 3.8) is 0 Å². The van der Waals surface area contributed by atoms with Crippen molar-refractivity contribution in [2.75, 3.05) is 26.3 Å². The number of para-hydroxylation sites is 2. The Bertz CT molecular complexity index is 1620. The Morgan fingerprint density at radius 1 is 0.792 bits per heavy atom. The van der Waals surface area contributed by atoms with Crippen LogP contribution in [0.1, 0.15) is 39.3 Å². The number of hydrogen-bond acceptors (Lipinski definition) is 7. The van der Waals surface area contributed by atoms with Gasteiger partial charge in [0.15, 0.2) is 0 Å². The minimum absolute atomic E-state index is 0. The molecular weight excluding hydrogens is 612 g/mol. The van der Waals surface area contributed by atoms with Gasteiger partial charge in [-0.3, -0.25) is 0 Å². The SMILES string of the molecule is C.C=CCOC(=O)NC[C@@H](N)Cc1c[nH]c2ccccc12.C=CCOC(=O)NC[C@H](Cc1c[nH]c2ccccc12)NC(=O)OC(C)(C)C. The molecule has 2 atom stereocenters. The molecule has 2 heterocycles. The van der Waals surface area contributed by atoms with E-state index < -0.39 is 23.9 Å². The van der Waals surface area contributed by atoms with E-state index in [0.717, 1.165) is 32.9 Å². The van der Waals surface area contributed by atoms with Crippen molar-refractivity contribution in [1.29, 1.82) is 0 Å². The highest BCUT2D eigenvalue weighted by Crippen LogP contribution is 2.20. The standard InChI is InChI=1S/C20H27N3O4.C15H19N3O2.CH4/c1-5-10-26-18(24)22-13-15(23-19(25)27-20(2,3)4)11-14-12-21-17-9-7-6-8-16(14)17;1-2-7-20-15(19)18-10-12(16)8-11-9-17-14-6-4-3-5-13(11)14;/h5-9,12,15,21H,1,10-11,13H2,2-4H3,(H,22,24)(H,23,25);2-6,9,12,17H,1,7-8,10,16H2,(H,18,19);1H4/t15-;12-;/m00./s1. The van der Waals surface area contributed by atoms with E-state index in [-0.39, 0.29) is 39.3 Å². The molecule has 0 radical (unpaired) electrons. The van der Waals surface area contributed by atoms with Gasteiger partial charge in [0.2, 0.25) is 0 Å². The third-order valence-electron chi connectivity index (χ3n) is 6.69. The molecule has 4 rings (SSSR count). The molecule has 2 aromatic carbocycles. The summed E-state index contributed by atoms with van der Waals surface area (Å²) < 4.78 is 15.1. The molecule has 0 fully saturated rings. The van der Waals surface area contributed by atoms with Crippen LogP contribution in [0.3, 0.4) is 0 Å². The van der Waals surface area contributed by atoms with Crippen molar-refractivity contribution < 1.29 is 28.6 Å². The molecule has 0 saturated heterocycles. The van der Waals surface area contributed by atoms with Crippen molar-refractivity contribution in [3.05, 3.63) is 97.4 Å². The van der Waals surface area contributed by atoms with Crippen LogP contribution in [0.5, 0.6) is 0 Å². The van der Waals surface area contributed by atoms with E-state index in [1.54, 1.807) is 20.8 Å². The Balaban J connectivity index is 0.000000340. The summed E-state index contributed by atoms with van der Waals surface area (Å²) in [6.07, 6.45) is 6.51. The average molecular weight is 663 g/mol. The second-order valence-electron chi connectivity index (χ2n) is 11.8. The first-order valence-corrected chi connectivity index (χ1v) is 15.4. The fraction of sp³-hybridized carbons (Fsp3) is 0.361. The first-order valence-electron chi connectivity index (χ1n) is 15.4. The van der Waals surface area contributed by atoms with Crippen LogP contribution >= 0.6 is 0 Å². The van der Waals surface area contributed by atoms with E-state index >= 15 is 0 Å². The topological polar surface area (TPSA) is 173 Å². The zero-order chi connectivity index (χ0) is 34.2. The third-order valence-corrected chi connectivity index (χ3v) is 6.69. The van der Waals surface area contributed by atoms with Gasteiger partial charge in [-0.05, 0) is 56.9 Å². The number of aromatic nitrogens is 2. The smallest absolute Gasteiger partial charge is 0.407 e. The van der Waals surface area contributed by atoms with E-state index in [4.69, 9.17) is 19.9 Å². The van der Waals surface area contributed by atoms with Crippen LogP contribution in [0.25, 0.3) is 21.8 Å². The van der Waals surface area contributed by atoms with Crippen molar-refractivity contribution in [1.82, 2.24) is 25.9 Å². The lowest BCUT2D eigenvalue weighted by Crippen LogP contribution is -2.46. The number of nitrogens with one attached hydrogen (secondary N) is 5. The quantitative estimate of drug-likeness (QED) is 0.0741. The summed E-state index contributed by atoms with van der Waals surface area (Å²) in [6.45, 7) is 13.3. The molecule has 48 heavy (non-hydrogen) atoms. The van der Waals surface area contributed by atoms with Gasteiger partial charge in [-0.2, -0.15) is 0 Å². The van der Waals surface area contributed by atoms with Gasteiger partial charge in [-0.25, -0.2) is 14.4 Å².